The molecular weight excluding hydrogens is 92.5 g/mol. The molecule has 1 fully saturated rings. The first-order valence-electron chi connectivity index (χ1n) is 3.47. The molecule has 1 aliphatic rings. The Labute approximate surface area is 54.1 Å². The van der Waals surface area contributed by atoms with Crippen molar-refractivity contribution in [3.05, 3.63) is 0 Å². The van der Waals surface area contributed by atoms with Crippen LogP contribution in [0.4, 0.5) is 0 Å². The molecule has 8 heavy (non-hydrogen) atoms. The fourth-order valence-corrected chi connectivity index (χ4v) is 1.14. The van der Waals surface area contributed by atoms with Gasteiger partial charge in [-0.1, -0.05) is 25.5 Å². The molecule has 1 saturated heterocycles. The van der Waals surface area contributed by atoms with Crippen molar-refractivity contribution in [2.75, 3.05) is 0 Å². The van der Waals surface area contributed by atoms with Gasteiger partial charge in [-0.3, -0.25) is 0 Å². The van der Waals surface area contributed by atoms with Crippen LogP contribution in [0.5, 0.6) is 0 Å². The normalized spacial score (nSPS) is 21.8. The lowest BCUT2D eigenvalue weighted by Gasteiger charge is -1.98. The SMILES string of the molecule is [B]B1C[B]CCCC1. The van der Waals surface area contributed by atoms with Crippen molar-refractivity contribution in [3.63, 3.8) is 0 Å². The predicted molar refractivity (Wildman–Crippen MR) is 40.9 cm³/mol. The van der Waals surface area contributed by atoms with E-state index in [-0.39, 0.29) is 0 Å². The quantitative estimate of drug-likeness (QED) is 0.401. The lowest BCUT2D eigenvalue weighted by molar-refractivity contribution is 0.880. The molecular formula is C5H10B3. The van der Waals surface area contributed by atoms with Crippen molar-refractivity contribution in [1.29, 1.82) is 0 Å². The summed E-state index contributed by atoms with van der Waals surface area (Å²) in [4.78, 5) is 0. The Morgan fingerprint density at radius 3 is 3.12 bits per heavy atom. The van der Waals surface area contributed by atoms with Crippen molar-refractivity contribution in [1.82, 2.24) is 0 Å². The summed E-state index contributed by atoms with van der Waals surface area (Å²) in [6, 6.07) is 0. The van der Waals surface area contributed by atoms with E-state index >= 15 is 0 Å². The van der Waals surface area contributed by atoms with Crippen LogP contribution in [-0.2, 0) is 0 Å². The van der Waals surface area contributed by atoms with Gasteiger partial charge in [0.2, 0.25) is 0 Å². The Hall–Kier alpha value is 0.195. The van der Waals surface area contributed by atoms with E-state index in [0.29, 0.717) is 6.60 Å². The van der Waals surface area contributed by atoms with E-state index in [2.05, 4.69) is 7.28 Å². The van der Waals surface area contributed by atoms with E-state index in [1.54, 1.807) is 0 Å². The summed E-state index contributed by atoms with van der Waals surface area (Å²) in [7, 11) is 8.02. The monoisotopic (exact) mass is 103 g/mol. The minimum atomic E-state index is 0.470. The fraction of sp³-hybridized carbons (Fsp3) is 1.00. The van der Waals surface area contributed by atoms with Gasteiger partial charge in [-0.25, -0.2) is 0 Å². The predicted octanol–water partition coefficient (Wildman–Crippen LogP) is 1.02. The molecule has 1 heterocycles. The molecule has 0 aromatic carbocycles. The van der Waals surface area contributed by atoms with E-state index in [0.717, 1.165) is 6.22 Å². The molecule has 0 atom stereocenters. The molecule has 0 amide bonds. The number of hydrogen-bond acceptors (Lipinski definition) is 0. The highest BCUT2D eigenvalue weighted by molar-refractivity contribution is 7.06. The Kier molecular flexibility index (Phi) is 2.58. The van der Waals surface area contributed by atoms with Gasteiger partial charge in [0.15, 0.2) is 0 Å². The van der Waals surface area contributed by atoms with Crippen LogP contribution in [0.1, 0.15) is 12.8 Å². The van der Waals surface area contributed by atoms with Crippen LogP contribution >= 0.6 is 0 Å². The summed E-state index contributed by atoms with van der Waals surface area (Å²) >= 11 is 0. The molecule has 3 heteroatoms. The Morgan fingerprint density at radius 2 is 2.25 bits per heavy atom. The highest BCUT2D eigenvalue weighted by Crippen LogP contribution is 2.10. The van der Waals surface area contributed by atoms with Gasteiger partial charge >= 0.3 is 0 Å². The van der Waals surface area contributed by atoms with Crippen LogP contribution in [0.25, 0.3) is 0 Å². The van der Waals surface area contributed by atoms with Gasteiger partial charge in [0.05, 0.1) is 6.60 Å². The van der Waals surface area contributed by atoms with Crippen molar-refractivity contribution in [2.45, 2.75) is 31.7 Å². The van der Waals surface area contributed by atoms with Crippen molar-refractivity contribution < 1.29 is 0 Å². The summed E-state index contributed by atoms with van der Waals surface area (Å²) in [5.74, 6) is 0. The van der Waals surface area contributed by atoms with E-state index in [9.17, 15) is 0 Å². The molecule has 0 aromatic rings. The third-order valence-corrected chi connectivity index (χ3v) is 1.70. The van der Waals surface area contributed by atoms with Gasteiger partial charge in [-0.15, -0.1) is 6.22 Å². The molecule has 0 nitrogen and oxygen atoms in total. The van der Waals surface area contributed by atoms with E-state index < -0.39 is 0 Å². The maximum atomic E-state index is 5.70. The minimum Gasteiger partial charge on any atom is -0.108 e. The van der Waals surface area contributed by atoms with Crippen molar-refractivity contribution in [3.8, 4) is 0 Å². The van der Waals surface area contributed by atoms with Gasteiger partial charge in [-0.05, 0) is 0 Å². The standard InChI is InChI=1S/C5H10B3/c6-8-4-2-1-3-7-5-8/h1-5H2. The summed E-state index contributed by atoms with van der Waals surface area (Å²) in [6.07, 6.45) is 6.34. The summed E-state index contributed by atoms with van der Waals surface area (Å²) in [6.45, 7) is 0.470. The summed E-state index contributed by atoms with van der Waals surface area (Å²) < 4.78 is 0. The smallest absolute Gasteiger partial charge is 0.100 e. The number of rotatable bonds is 0. The van der Waals surface area contributed by atoms with Gasteiger partial charge in [0, 0.05) is 7.74 Å². The molecule has 0 aliphatic carbocycles. The minimum absolute atomic E-state index is 0.470. The zero-order valence-corrected chi connectivity index (χ0v) is 5.27. The van der Waals surface area contributed by atoms with E-state index in [4.69, 9.17) is 7.74 Å². The van der Waals surface area contributed by atoms with Gasteiger partial charge < -0.3 is 0 Å². The molecule has 0 spiro atoms. The van der Waals surface area contributed by atoms with Crippen LogP contribution in [0, 0.1) is 0 Å². The Balaban J connectivity index is 2.17. The topological polar surface area (TPSA) is 0 Å². The second-order valence-corrected chi connectivity index (χ2v) is 2.57. The Bertz CT molecular complexity index is 56.7. The number of hydrogen-bond donors (Lipinski definition) is 0. The van der Waals surface area contributed by atoms with Gasteiger partial charge in [-0.2, -0.15) is 0 Å². The molecule has 0 N–H and O–H groups in total. The average molecular weight is 103 g/mol. The largest absolute Gasteiger partial charge is 0.108 e. The van der Waals surface area contributed by atoms with Crippen LogP contribution in [0.15, 0.2) is 0 Å². The third-order valence-electron chi connectivity index (χ3n) is 1.70. The molecule has 0 aromatic heterocycles. The summed E-state index contributed by atoms with van der Waals surface area (Å²) in [5.41, 5.74) is 0. The van der Waals surface area contributed by atoms with Gasteiger partial charge in [0.25, 0.3) is 0 Å². The zero-order valence-electron chi connectivity index (χ0n) is 5.27. The first-order chi connectivity index (χ1) is 3.89. The maximum absolute atomic E-state index is 5.70. The second kappa shape index (κ2) is 3.27. The summed E-state index contributed by atoms with van der Waals surface area (Å²) in [5, 5.41) is 0. The fourth-order valence-electron chi connectivity index (χ4n) is 1.14. The van der Waals surface area contributed by atoms with Crippen molar-refractivity contribution >= 4 is 21.6 Å². The molecule has 0 bridgehead atoms. The van der Waals surface area contributed by atoms with Crippen LogP contribution < -0.4 is 0 Å². The van der Waals surface area contributed by atoms with Crippen LogP contribution in [0.2, 0.25) is 18.9 Å². The second-order valence-electron chi connectivity index (χ2n) is 2.57. The first-order valence-corrected chi connectivity index (χ1v) is 3.47. The highest BCUT2D eigenvalue weighted by Gasteiger charge is 2.08. The van der Waals surface area contributed by atoms with Crippen LogP contribution in [0.3, 0.4) is 0 Å². The zero-order chi connectivity index (χ0) is 5.82. The molecule has 0 saturated carbocycles. The lowest BCUT2D eigenvalue weighted by atomic mass is 9.24. The lowest BCUT2D eigenvalue weighted by Crippen LogP contribution is -2.12. The maximum Gasteiger partial charge on any atom is 0.100 e. The van der Waals surface area contributed by atoms with E-state index in [1.807, 2.05) is 0 Å². The molecule has 39 valence electrons. The molecule has 1 aliphatic heterocycles. The Morgan fingerprint density at radius 1 is 1.38 bits per heavy atom. The van der Waals surface area contributed by atoms with Gasteiger partial charge in [0.1, 0.15) is 7.28 Å². The van der Waals surface area contributed by atoms with Crippen LogP contribution in [-0.4, -0.2) is 21.6 Å². The average Bonchev–Trinajstić information content (AvgIpc) is 1.94. The van der Waals surface area contributed by atoms with E-state index in [1.165, 1.54) is 25.5 Å². The molecule has 1 rings (SSSR count). The third kappa shape index (κ3) is 1.98. The van der Waals surface area contributed by atoms with Crippen molar-refractivity contribution in [2.24, 2.45) is 0 Å². The molecule has 0 unspecified atom stereocenters. The highest BCUT2D eigenvalue weighted by atomic mass is 13.8. The molecule has 3 radical (unpaired) electrons. The first kappa shape index (κ1) is 6.32.